The van der Waals surface area contributed by atoms with Gasteiger partial charge in [-0.05, 0) is 24.6 Å². The molecule has 5 atom stereocenters. The maximum Gasteiger partial charge on any atom is 0.397 e. The van der Waals surface area contributed by atoms with E-state index in [-0.39, 0.29) is 11.3 Å². The van der Waals surface area contributed by atoms with Crippen LogP contribution in [0.15, 0.2) is 33.5 Å². The van der Waals surface area contributed by atoms with Crippen LogP contribution in [0.1, 0.15) is 5.56 Å². The molecule has 2 heterocycles. The molecule has 226 valence electrons. The molecule has 2 aromatic rings. The lowest BCUT2D eigenvalue weighted by molar-refractivity contribution is -0.260. The lowest BCUT2D eigenvalue weighted by Crippen LogP contribution is -2.63. The van der Waals surface area contributed by atoms with Crippen LogP contribution in [0.5, 0.6) is 5.75 Å². The van der Waals surface area contributed by atoms with Gasteiger partial charge in [0.25, 0.3) is 0 Å². The maximum atomic E-state index is 11.7. The Morgan fingerprint density at radius 3 is 1.88 bits per heavy atom. The van der Waals surface area contributed by atoms with Crippen molar-refractivity contribution in [3.63, 3.8) is 0 Å². The lowest BCUT2D eigenvalue weighted by Gasteiger charge is -2.42. The van der Waals surface area contributed by atoms with Crippen molar-refractivity contribution in [1.82, 2.24) is 0 Å². The molecule has 1 aromatic heterocycles. The van der Waals surface area contributed by atoms with Crippen molar-refractivity contribution in [2.75, 3.05) is 6.61 Å². The number of rotatable bonds is 11. The van der Waals surface area contributed by atoms with Gasteiger partial charge in [-0.25, -0.2) is 21.5 Å². The minimum Gasteiger partial charge on any atom is -0.462 e. The minimum absolute atomic E-state index is 0.0878. The number of benzene rings is 1. The minimum atomic E-state index is -5.68. The fourth-order valence-electron chi connectivity index (χ4n) is 3.52. The van der Waals surface area contributed by atoms with Gasteiger partial charge in [0.1, 0.15) is 29.6 Å². The molecule has 20 nitrogen and oxygen atoms in total. The van der Waals surface area contributed by atoms with Crippen molar-refractivity contribution in [2.24, 2.45) is 0 Å². The SMILES string of the molecule is Cc1cc(=O)oc2cc(O[C@@H]3O[C@H](COS(=O)(=O)O)[C@@H](OS(=O)(=O)O)[C@H](OS(=O)(=O)O)[C@H]3OS(=O)(=O)O)ccc12. The van der Waals surface area contributed by atoms with E-state index in [9.17, 15) is 47.6 Å². The van der Waals surface area contributed by atoms with Crippen molar-refractivity contribution in [2.45, 2.75) is 37.6 Å². The zero-order valence-electron chi connectivity index (χ0n) is 19.4. The average Bonchev–Trinajstić information content (AvgIpc) is 2.73. The molecule has 24 heteroatoms. The second-order valence-electron chi connectivity index (χ2n) is 7.75. The average molecular weight is 659 g/mol. The van der Waals surface area contributed by atoms with E-state index < -0.39 is 84.5 Å². The smallest absolute Gasteiger partial charge is 0.397 e. The Kier molecular flexibility index (Phi) is 9.26. The van der Waals surface area contributed by atoms with E-state index in [0.29, 0.717) is 10.9 Å². The molecular weight excluding hydrogens is 640 g/mol. The van der Waals surface area contributed by atoms with Gasteiger partial charge in [-0.15, -0.1) is 0 Å². The quantitative estimate of drug-likeness (QED) is 0.159. The van der Waals surface area contributed by atoms with Gasteiger partial charge in [0.15, 0.2) is 6.10 Å². The third-order valence-corrected chi connectivity index (χ3v) is 6.68. The van der Waals surface area contributed by atoms with Crippen LogP contribution in [0.3, 0.4) is 0 Å². The van der Waals surface area contributed by atoms with Gasteiger partial charge >= 0.3 is 47.2 Å². The van der Waals surface area contributed by atoms with Gasteiger partial charge in [-0.2, -0.15) is 33.7 Å². The van der Waals surface area contributed by atoms with Crippen LogP contribution in [0, 0.1) is 6.92 Å². The molecule has 1 aliphatic rings. The molecule has 1 saturated heterocycles. The van der Waals surface area contributed by atoms with Crippen LogP contribution in [-0.2, 0) is 63.1 Å². The molecule has 3 rings (SSSR count). The Labute approximate surface area is 225 Å². The van der Waals surface area contributed by atoms with E-state index in [1.807, 2.05) is 0 Å². The number of ether oxygens (including phenoxy) is 2. The molecule has 0 amide bonds. The van der Waals surface area contributed by atoms with Crippen molar-refractivity contribution in [3.05, 3.63) is 40.2 Å². The van der Waals surface area contributed by atoms with Crippen LogP contribution < -0.4 is 10.4 Å². The fraction of sp³-hybridized carbons (Fsp3) is 0.438. The third-order valence-electron chi connectivity index (χ3n) is 4.85. The summed E-state index contributed by atoms with van der Waals surface area (Å²) in [4.78, 5) is 11.7. The third kappa shape index (κ3) is 9.36. The van der Waals surface area contributed by atoms with E-state index >= 15 is 0 Å². The summed E-state index contributed by atoms with van der Waals surface area (Å²) >= 11 is 0. The predicted octanol–water partition coefficient (Wildman–Crippen LogP) is -1.41. The van der Waals surface area contributed by atoms with E-state index in [0.717, 1.165) is 12.1 Å². The highest BCUT2D eigenvalue weighted by Crippen LogP contribution is 2.33. The Bertz CT molecular complexity index is 1740. The molecule has 4 N–H and O–H groups in total. The molecule has 0 bridgehead atoms. The zero-order chi connectivity index (χ0) is 30.3. The van der Waals surface area contributed by atoms with Gasteiger partial charge in [-0.3, -0.25) is 18.2 Å². The molecular formula is C16H18O20S4. The molecule has 0 spiro atoms. The molecule has 1 aromatic carbocycles. The van der Waals surface area contributed by atoms with Gasteiger partial charge in [0.2, 0.25) is 6.29 Å². The number of aryl methyl sites for hydroxylation is 1. The van der Waals surface area contributed by atoms with Gasteiger partial charge in [-0.1, -0.05) is 0 Å². The second-order valence-corrected chi connectivity index (χ2v) is 12.0. The first-order valence-corrected chi connectivity index (χ1v) is 15.5. The van der Waals surface area contributed by atoms with Crippen molar-refractivity contribution in [1.29, 1.82) is 0 Å². The number of hydrogen-bond acceptors (Lipinski definition) is 16. The van der Waals surface area contributed by atoms with E-state index in [2.05, 4.69) is 16.7 Å². The van der Waals surface area contributed by atoms with Gasteiger partial charge < -0.3 is 13.9 Å². The maximum absolute atomic E-state index is 11.7. The highest BCUT2D eigenvalue weighted by Gasteiger charge is 2.54. The first-order valence-electron chi connectivity index (χ1n) is 10.1. The summed E-state index contributed by atoms with van der Waals surface area (Å²) < 4.78 is 160. The first kappa shape index (κ1) is 32.2. The lowest BCUT2D eigenvalue weighted by atomic mass is 9.99. The molecule has 0 radical (unpaired) electrons. The summed E-state index contributed by atoms with van der Waals surface area (Å²) in [6.45, 7) is 0.126. The number of fused-ring (bicyclic) bond motifs is 1. The van der Waals surface area contributed by atoms with Crippen molar-refractivity contribution < 1.29 is 82.5 Å². The van der Waals surface area contributed by atoms with Crippen molar-refractivity contribution >= 4 is 52.6 Å². The van der Waals surface area contributed by atoms with Gasteiger partial charge in [0.05, 0.1) is 6.61 Å². The fourth-order valence-corrected chi connectivity index (χ4v) is 5.32. The van der Waals surface area contributed by atoms with Crippen molar-refractivity contribution in [3.8, 4) is 5.75 Å². The van der Waals surface area contributed by atoms with Gasteiger partial charge in [0, 0.05) is 17.5 Å². The Morgan fingerprint density at radius 2 is 1.32 bits per heavy atom. The van der Waals surface area contributed by atoms with Crippen LogP contribution in [-0.4, -0.2) is 89.2 Å². The molecule has 1 fully saturated rings. The van der Waals surface area contributed by atoms with E-state index in [1.165, 1.54) is 12.1 Å². The Morgan fingerprint density at radius 1 is 0.775 bits per heavy atom. The first-order chi connectivity index (χ1) is 18.1. The highest BCUT2D eigenvalue weighted by atomic mass is 32.3. The summed E-state index contributed by atoms with van der Waals surface area (Å²) in [5.41, 5.74) is -0.401. The van der Waals surface area contributed by atoms with Crippen LogP contribution in [0.25, 0.3) is 11.0 Å². The van der Waals surface area contributed by atoms with Crippen LogP contribution >= 0.6 is 0 Å². The van der Waals surface area contributed by atoms with E-state index in [1.54, 1.807) is 6.92 Å². The molecule has 1 aliphatic heterocycles. The molecule has 0 saturated carbocycles. The van der Waals surface area contributed by atoms with E-state index in [4.69, 9.17) is 23.0 Å². The summed E-state index contributed by atoms with van der Waals surface area (Å²) in [5.74, 6) is -0.343. The summed E-state index contributed by atoms with van der Waals surface area (Å²) in [7, 11) is -22.2. The summed E-state index contributed by atoms with van der Waals surface area (Å²) in [6.07, 6.45) is -12.6. The summed E-state index contributed by atoms with van der Waals surface area (Å²) in [6, 6.07) is 4.75. The Balaban J connectivity index is 2.15. The summed E-state index contributed by atoms with van der Waals surface area (Å²) in [5, 5.41) is 0.399. The highest BCUT2D eigenvalue weighted by molar-refractivity contribution is 7.81. The second kappa shape index (κ2) is 11.5. The zero-order valence-corrected chi connectivity index (χ0v) is 22.6. The largest absolute Gasteiger partial charge is 0.462 e. The monoisotopic (exact) mass is 658 g/mol. The topological polar surface area (TPSA) is 303 Å². The van der Waals surface area contributed by atoms with Crippen LogP contribution in [0.2, 0.25) is 0 Å². The standard InChI is InChI=1S/C16H18O20S4/c1-7-4-12(17)32-10-5-8(2-3-9(7)10)31-16-15(36-40(27,28)29)14(35-39(24,25)26)13(34-38(21,22)23)11(33-16)6-30-37(18,19)20/h2-5,11,13-16H,6H2,1H3,(H,18,19,20)(H,21,22,23)(H,24,25,26)(H,27,28,29)/t11-,13-,14+,15-,16-/m1/s1. The molecule has 40 heavy (non-hydrogen) atoms. The van der Waals surface area contributed by atoms with Crippen LogP contribution in [0.4, 0.5) is 0 Å². The predicted molar refractivity (Wildman–Crippen MR) is 123 cm³/mol. The molecule has 0 aliphatic carbocycles. The molecule has 0 unspecified atom stereocenters. The number of hydrogen-bond donors (Lipinski definition) is 4. The normalized spacial score (nSPS) is 24.7. The Hall–Kier alpha value is -2.33.